The molecule has 2 amide bonds. The molecule has 0 radical (unpaired) electrons. The van der Waals surface area contributed by atoms with Gasteiger partial charge in [-0.25, -0.2) is 4.79 Å². The number of hydrogen-bond donors (Lipinski definition) is 2. The number of methoxy groups -OCH3 is 1. The lowest BCUT2D eigenvalue weighted by atomic mass is 10.1. The van der Waals surface area contributed by atoms with E-state index in [1.165, 1.54) is 18.9 Å². The molecule has 0 bridgehead atoms. The Labute approximate surface area is 159 Å². The second-order valence-electron chi connectivity index (χ2n) is 6.00. The molecule has 2 rings (SSSR count). The molecule has 0 aromatic heterocycles. The van der Waals surface area contributed by atoms with Gasteiger partial charge >= 0.3 is 5.97 Å². The van der Waals surface area contributed by atoms with Crippen LogP contribution in [0.1, 0.15) is 18.9 Å². The molecule has 0 unspecified atom stereocenters. The Hall–Kier alpha value is -1.68. The number of esters is 1. The highest BCUT2D eigenvalue weighted by Crippen LogP contribution is 2.19. The van der Waals surface area contributed by atoms with Crippen LogP contribution in [0.2, 0.25) is 0 Å². The Balaban J connectivity index is 2.12. The van der Waals surface area contributed by atoms with E-state index in [1.54, 1.807) is 0 Å². The van der Waals surface area contributed by atoms with Crippen LogP contribution < -0.4 is 5.32 Å². The minimum absolute atomic E-state index is 0.118. The molecule has 136 valence electrons. The van der Waals surface area contributed by atoms with Crippen molar-refractivity contribution in [3.05, 3.63) is 33.4 Å². The van der Waals surface area contributed by atoms with Crippen molar-refractivity contribution < 1.29 is 24.2 Å². The zero-order chi connectivity index (χ0) is 18.6. The topological polar surface area (TPSA) is 95.9 Å². The van der Waals surface area contributed by atoms with E-state index in [4.69, 9.17) is 4.74 Å². The molecular formula is C17H21IN2O5. The van der Waals surface area contributed by atoms with Crippen LogP contribution >= 0.6 is 22.6 Å². The molecule has 1 aliphatic heterocycles. The van der Waals surface area contributed by atoms with E-state index < -0.39 is 30.1 Å². The number of benzene rings is 1. The lowest BCUT2D eigenvalue weighted by molar-refractivity contribution is -0.146. The van der Waals surface area contributed by atoms with Crippen LogP contribution in [-0.2, 0) is 25.5 Å². The number of nitrogens with one attached hydrogen (secondary N) is 1. The number of carbonyl (C=O) groups excluding carboxylic acids is 3. The molecular weight excluding hydrogens is 439 g/mol. The molecule has 1 fully saturated rings. The highest BCUT2D eigenvalue weighted by Gasteiger charge is 2.38. The molecule has 2 N–H and O–H groups in total. The van der Waals surface area contributed by atoms with Crippen LogP contribution in [0.4, 0.5) is 0 Å². The highest BCUT2D eigenvalue weighted by molar-refractivity contribution is 14.1. The van der Waals surface area contributed by atoms with Gasteiger partial charge in [0.05, 0.1) is 13.2 Å². The number of aliphatic hydroxyl groups excluding tert-OH is 1. The highest BCUT2D eigenvalue weighted by atomic mass is 127. The van der Waals surface area contributed by atoms with E-state index >= 15 is 0 Å². The van der Waals surface area contributed by atoms with E-state index in [0.717, 1.165) is 9.13 Å². The molecule has 1 aromatic carbocycles. The van der Waals surface area contributed by atoms with Gasteiger partial charge < -0.3 is 20.1 Å². The number of ether oxygens (including phenoxy) is 1. The molecule has 8 heteroatoms. The number of likely N-dealkylation sites (tertiary alicyclic amines) is 1. The number of hydrogen-bond acceptors (Lipinski definition) is 5. The summed E-state index contributed by atoms with van der Waals surface area (Å²) in [5.41, 5.74) is 0.887. The van der Waals surface area contributed by atoms with Crippen LogP contribution in [0.15, 0.2) is 24.3 Å². The number of β-amino-alcohol motifs (C(OH)–C–C–N with tert-alkyl or cyclic N) is 1. The lowest BCUT2D eigenvalue weighted by Crippen LogP contribution is -2.51. The first-order chi connectivity index (χ1) is 11.8. The first kappa shape index (κ1) is 19.6. The number of rotatable bonds is 5. The first-order valence-electron chi connectivity index (χ1n) is 7.89. The van der Waals surface area contributed by atoms with Gasteiger partial charge in [-0.05, 0) is 40.3 Å². The molecule has 0 saturated carbocycles. The average molecular weight is 460 g/mol. The number of amides is 2. The van der Waals surface area contributed by atoms with E-state index in [-0.39, 0.29) is 25.3 Å². The summed E-state index contributed by atoms with van der Waals surface area (Å²) >= 11 is 2.17. The summed E-state index contributed by atoms with van der Waals surface area (Å²) < 4.78 is 5.81. The van der Waals surface area contributed by atoms with Gasteiger partial charge in [-0.2, -0.15) is 0 Å². The van der Waals surface area contributed by atoms with Gasteiger partial charge in [0.15, 0.2) is 0 Å². The van der Waals surface area contributed by atoms with E-state index in [9.17, 15) is 19.5 Å². The van der Waals surface area contributed by atoms with Gasteiger partial charge in [0.2, 0.25) is 11.8 Å². The molecule has 0 spiro atoms. The molecule has 1 heterocycles. The molecule has 0 aliphatic carbocycles. The van der Waals surface area contributed by atoms with Crippen molar-refractivity contribution >= 4 is 40.4 Å². The molecule has 3 atom stereocenters. The average Bonchev–Trinajstić information content (AvgIpc) is 2.96. The lowest BCUT2D eigenvalue weighted by Gasteiger charge is -2.24. The number of aliphatic hydroxyl groups is 1. The minimum Gasteiger partial charge on any atom is -0.467 e. The largest absolute Gasteiger partial charge is 0.467 e. The van der Waals surface area contributed by atoms with Crippen molar-refractivity contribution in [2.24, 2.45) is 0 Å². The molecule has 1 saturated heterocycles. The maximum absolute atomic E-state index is 12.6. The molecule has 1 aliphatic rings. The van der Waals surface area contributed by atoms with Gasteiger partial charge in [0, 0.05) is 29.9 Å². The van der Waals surface area contributed by atoms with Crippen LogP contribution in [0.5, 0.6) is 0 Å². The summed E-state index contributed by atoms with van der Waals surface area (Å²) in [7, 11) is 1.26. The second kappa shape index (κ2) is 8.61. The predicted molar refractivity (Wildman–Crippen MR) is 98.6 cm³/mol. The second-order valence-corrected chi connectivity index (χ2v) is 7.24. The van der Waals surface area contributed by atoms with Crippen molar-refractivity contribution in [3.63, 3.8) is 0 Å². The molecule has 1 aromatic rings. The smallest absolute Gasteiger partial charge is 0.328 e. The third-order valence-electron chi connectivity index (χ3n) is 4.12. The van der Waals surface area contributed by atoms with Crippen LogP contribution in [0.25, 0.3) is 0 Å². The third kappa shape index (κ3) is 5.15. The zero-order valence-electron chi connectivity index (χ0n) is 14.1. The standard InChI is InChI=1S/C17H21IN2O5/c1-10(21)20-9-13(22)8-15(20)16(23)19-14(17(24)25-2)7-11-4-3-5-12(18)6-11/h3-6,13-15,22H,7-9H2,1-2H3,(H,19,23)/t13-,14+,15+/m1/s1. The van der Waals surface area contributed by atoms with E-state index in [2.05, 4.69) is 27.9 Å². The maximum Gasteiger partial charge on any atom is 0.328 e. The fraction of sp³-hybridized carbons (Fsp3) is 0.471. The van der Waals surface area contributed by atoms with Gasteiger partial charge in [-0.15, -0.1) is 0 Å². The monoisotopic (exact) mass is 460 g/mol. The van der Waals surface area contributed by atoms with Gasteiger partial charge in [0.25, 0.3) is 0 Å². The SMILES string of the molecule is COC(=O)[C@H](Cc1cccc(I)c1)NC(=O)[C@@H]1C[C@@H](O)CN1C(C)=O. The summed E-state index contributed by atoms with van der Waals surface area (Å²) in [5.74, 6) is -1.31. The van der Waals surface area contributed by atoms with E-state index in [0.29, 0.717) is 0 Å². The summed E-state index contributed by atoms with van der Waals surface area (Å²) in [6.07, 6.45) is -0.306. The van der Waals surface area contributed by atoms with Crippen molar-refractivity contribution in [3.8, 4) is 0 Å². The summed E-state index contributed by atoms with van der Waals surface area (Å²) in [4.78, 5) is 37.6. The summed E-state index contributed by atoms with van der Waals surface area (Å²) in [6.45, 7) is 1.47. The Morgan fingerprint density at radius 2 is 2.16 bits per heavy atom. The number of carbonyl (C=O) groups is 3. The Morgan fingerprint density at radius 3 is 2.76 bits per heavy atom. The summed E-state index contributed by atoms with van der Waals surface area (Å²) in [6, 6.07) is 5.95. The Bertz CT molecular complexity index is 666. The fourth-order valence-corrected chi connectivity index (χ4v) is 3.52. The fourth-order valence-electron chi connectivity index (χ4n) is 2.91. The van der Waals surface area contributed by atoms with Crippen LogP contribution in [0.3, 0.4) is 0 Å². The molecule has 7 nitrogen and oxygen atoms in total. The first-order valence-corrected chi connectivity index (χ1v) is 8.97. The Morgan fingerprint density at radius 1 is 1.44 bits per heavy atom. The van der Waals surface area contributed by atoms with Crippen molar-refractivity contribution in [2.45, 2.75) is 38.0 Å². The zero-order valence-corrected chi connectivity index (χ0v) is 16.2. The maximum atomic E-state index is 12.6. The minimum atomic E-state index is -0.859. The van der Waals surface area contributed by atoms with Gasteiger partial charge in [-0.3, -0.25) is 9.59 Å². The summed E-state index contributed by atoms with van der Waals surface area (Å²) in [5, 5.41) is 12.4. The number of halogens is 1. The van der Waals surface area contributed by atoms with Gasteiger partial charge in [-0.1, -0.05) is 12.1 Å². The van der Waals surface area contributed by atoms with Gasteiger partial charge in [0.1, 0.15) is 12.1 Å². The number of nitrogens with zero attached hydrogens (tertiary/aromatic N) is 1. The normalized spacial score (nSPS) is 20.9. The van der Waals surface area contributed by atoms with Crippen molar-refractivity contribution in [1.82, 2.24) is 10.2 Å². The van der Waals surface area contributed by atoms with Crippen molar-refractivity contribution in [1.29, 1.82) is 0 Å². The predicted octanol–water partition coefficient (Wildman–Crippen LogP) is 0.473. The van der Waals surface area contributed by atoms with Crippen LogP contribution in [0, 0.1) is 3.57 Å². The Kier molecular flexibility index (Phi) is 6.77. The van der Waals surface area contributed by atoms with Crippen LogP contribution in [-0.4, -0.2) is 59.6 Å². The molecule has 25 heavy (non-hydrogen) atoms. The quantitative estimate of drug-likeness (QED) is 0.492. The third-order valence-corrected chi connectivity index (χ3v) is 4.79. The van der Waals surface area contributed by atoms with Crippen molar-refractivity contribution in [2.75, 3.05) is 13.7 Å². The van der Waals surface area contributed by atoms with E-state index in [1.807, 2.05) is 24.3 Å².